The van der Waals surface area contributed by atoms with Gasteiger partial charge in [0.05, 0.1) is 4.92 Å². The van der Waals surface area contributed by atoms with Crippen molar-refractivity contribution < 1.29 is 9.72 Å². The van der Waals surface area contributed by atoms with Crippen molar-refractivity contribution in [2.75, 3.05) is 10.6 Å². The molecular formula is C17H19N3O3. The van der Waals surface area contributed by atoms with Crippen molar-refractivity contribution in [2.45, 2.75) is 26.8 Å². The van der Waals surface area contributed by atoms with Crippen molar-refractivity contribution in [3.63, 3.8) is 0 Å². The Balaban J connectivity index is 2.10. The highest BCUT2D eigenvalue weighted by Gasteiger charge is 2.18. The number of aryl methyl sites for hydroxylation is 2. The molecule has 0 bridgehead atoms. The second kappa shape index (κ2) is 6.91. The number of anilines is 2. The van der Waals surface area contributed by atoms with Gasteiger partial charge in [-0.05, 0) is 50.1 Å². The number of para-hydroxylation sites is 2. The van der Waals surface area contributed by atoms with E-state index >= 15 is 0 Å². The smallest absolute Gasteiger partial charge is 0.292 e. The highest BCUT2D eigenvalue weighted by Crippen LogP contribution is 2.23. The van der Waals surface area contributed by atoms with E-state index in [0.29, 0.717) is 0 Å². The average molecular weight is 313 g/mol. The lowest BCUT2D eigenvalue weighted by Crippen LogP contribution is -2.32. The minimum atomic E-state index is -0.531. The number of hydrogen-bond acceptors (Lipinski definition) is 4. The summed E-state index contributed by atoms with van der Waals surface area (Å²) in [7, 11) is 0. The number of nitrogens with zero attached hydrogens (tertiary/aromatic N) is 1. The van der Waals surface area contributed by atoms with Crippen LogP contribution in [0.4, 0.5) is 17.1 Å². The molecule has 0 fully saturated rings. The summed E-state index contributed by atoms with van der Waals surface area (Å²) < 4.78 is 0. The van der Waals surface area contributed by atoms with E-state index in [0.717, 1.165) is 16.8 Å². The molecule has 0 unspecified atom stereocenters. The number of amides is 1. The third kappa shape index (κ3) is 4.29. The molecule has 0 aromatic heterocycles. The summed E-state index contributed by atoms with van der Waals surface area (Å²) in [5, 5.41) is 16.7. The lowest BCUT2D eigenvalue weighted by molar-refractivity contribution is -0.383. The Hall–Kier alpha value is -2.89. The van der Waals surface area contributed by atoms with Gasteiger partial charge in [0.2, 0.25) is 5.91 Å². The number of nitrogens with one attached hydrogen (secondary N) is 2. The van der Waals surface area contributed by atoms with Crippen LogP contribution in [0, 0.1) is 24.0 Å². The van der Waals surface area contributed by atoms with Gasteiger partial charge in [-0.1, -0.05) is 18.2 Å². The SMILES string of the molecule is Cc1cc(C)cc(N[C@@H](C)C(=O)Nc2ccccc2[N+](=O)[O-])c1. The lowest BCUT2D eigenvalue weighted by Gasteiger charge is -2.16. The standard InChI is InChI=1S/C17H19N3O3/c1-11-8-12(2)10-14(9-11)18-13(3)17(21)19-15-6-4-5-7-16(15)20(22)23/h4-10,13,18H,1-3H3,(H,19,21)/t13-/m0/s1. The summed E-state index contributed by atoms with van der Waals surface area (Å²) in [6, 6.07) is 11.5. The topological polar surface area (TPSA) is 84.3 Å². The Morgan fingerprint density at radius 1 is 1.13 bits per heavy atom. The highest BCUT2D eigenvalue weighted by atomic mass is 16.6. The molecule has 0 aliphatic heterocycles. The largest absolute Gasteiger partial charge is 0.374 e. The van der Waals surface area contributed by atoms with Crippen molar-refractivity contribution in [3.8, 4) is 0 Å². The van der Waals surface area contributed by atoms with Crippen LogP contribution < -0.4 is 10.6 Å². The minimum absolute atomic E-state index is 0.126. The molecule has 6 nitrogen and oxygen atoms in total. The van der Waals surface area contributed by atoms with Crippen LogP contribution in [0.1, 0.15) is 18.1 Å². The van der Waals surface area contributed by atoms with Gasteiger partial charge in [-0.25, -0.2) is 0 Å². The molecule has 0 aliphatic carbocycles. The first-order valence-corrected chi connectivity index (χ1v) is 7.26. The Bertz CT molecular complexity index is 723. The van der Waals surface area contributed by atoms with E-state index in [1.165, 1.54) is 12.1 Å². The summed E-state index contributed by atoms with van der Waals surface area (Å²) >= 11 is 0. The van der Waals surface area contributed by atoms with E-state index in [-0.39, 0.29) is 17.3 Å². The maximum Gasteiger partial charge on any atom is 0.292 e. The average Bonchev–Trinajstić information content (AvgIpc) is 2.46. The first-order valence-electron chi connectivity index (χ1n) is 7.26. The fourth-order valence-corrected chi connectivity index (χ4v) is 2.35. The van der Waals surface area contributed by atoms with Gasteiger partial charge in [-0.15, -0.1) is 0 Å². The second-order valence-electron chi connectivity index (χ2n) is 5.51. The minimum Gasteiger partial charge on any atom is -0.374 e. The number of nitro groups is 1. The van der Waals surface area contributed by atoms with E-state index in [1.54, 1.807) is 19.1 Å². The summed E-state index contributed by atoms with van der Waals surface area (Å²) in [4.78, 5) is 22.7. The molecule has 0 radical (unpaired) electrons. The maximum atomic E-state index is 12.3. The van der Waals surface area contributed by atoms with Crippen LogP contribution in [0.25, 0.3) is 0 Å². The van der Waals surface area contributed by atoms with Crippen molar-refractivity contribution in [3.05, 3.63) is 63.7 Å². The predicted octanol–water partition coefficient (Wildman–Crippen LogP) is 3.65. The van der Waals surface area contributed by atoms with Crippen molar-refractivity contribution >= 4 is 23.0 Å². The fraction of sp³-hybridized carbons (Fsp3) is 0.235. The van der Waals surface area contributed by atoms with Crippen LogP contribution in [-0.4, -0.2) is 16.9 Å². The van der Waals surface area contributed by atoms with Crippen molar-refractivity contribution in [1.29, 1.82) is 0 Å². The predicted molar refractivity (Wildman–Crippen MR) is 90.7 cm³/mol. The summed E-state index contributed by atoms with van der Waals surface area (Å²) in [6.07, 6.45) is 0. The van der Waals surface area contributed by atoms with Crippen molar-refractivity contribution in [1.82, 2.24) is 0 Å². The van der Waals surface area contributed by atoms with Crippen LogP contribution in [0.2, 0.25) is 0 Å². The molecular weight excluding hydrogens is 294 g/mol. The Morgan fingerprint density at radius 2 is 1.74 bits per heavy atom. The summed E-state index contributed by atoms with van der Waals surface area (Å²) in [5.74, 6) is -0.335. The Morgan fingerprint density at radius 3 is 2.35 bits per heavy atom. The number of carbonyl (C=O) groups excluding carboxylic acids is 1. The van der Waals surface area contributed by atoms with Gasteiger partial charge in [-0.2, -0.15) is 0 Å². The van der Waals surface area contributed by atoms with E-state index in [4.69, 9.17) is 0 Å². The van der Waals surface area contributed by atoms with E-state index in [1.807, 2.05) is 32.0 Å². The van der Waals surface area contributed by atoms with Crippen molar-refractivity contribution in [2.24, 2.45) is 0 Å². The van der Waals surface area contributed by atoms with Gasteiger partial charge >= 0.3 is 0 Å². The number of hydrogen-bond donors (Lipinski definition) is 2. The Kier molecular flexibility index (Phi) is 4.95. The third-order valence-electron chi connectivity index (χ3n) is 3.36. The lowest BCUT2D eigenvalue weighted by atomic mass is 10.1. The molecule has 0 heterocycles. The fourth-order valence-electron chi connectivity index (χ4n) is 2.35. The van der Waals surface area contributed by atoms with E-state index < -0.39 is 11.0 Å². The molecule has 120 valence electrons. The van der Waals surface area contributed by atoms with Gasteiger partial charge in [0.1, 0.15) is 11.7 Å². The van der Waals surface area contributed by atoms with Crippen LogP contribution >= 0.6 is 0 Å². The third-order valence-corrected chi connectivity index (χ3v) is 3.36. The van der Waals surface area contributed by atoms with Gasteiger partial charge in [0.25, 0.3) is 5.69 Å². The van der Waals surface area contributed by atoms with Crippen LogP contribution in [0.5, 0.6) is 0 Å². The molecule has 6 heteroatoms. The molecule has 1 atom stereocenters. The molecule has 0 saturated carbocycles. The molecule has 2 rings (SSSR count). The first kappa shape index (κ1) is 16.5. The van der Waals surface area contributed by atoms with Crippen LogP contribution in [0.15, 0.2) is 42.5 Å². The highest BCUT2D eigenvalue weighted by molar-refractivity contribution is 5.98. The summed E-state index contributed by atoms with van der Waals surface area (Å²) in [5.41, 5.74) is 3.10. The normalized spacial score (nSPS) is 11.6. The van der Waals surface area contributed by atoms with Gasteiger partial charge in [0.15, 0.2) is 0 Å². The monoisotopic (exact) mass is 313 g/mol. The molecule has 0 spiro atoms. The number of nitro benzene ring substituents is 1. The molecule has 2 aromatic carbocycles. The maximum absolute atomic E-state index is 12.3. The van der Waals surface area contributed by atoms with Gasteiger partial charge < -0.3 is 10.6 Å². The van der Waals surface area contributed by atoms with Gasteiger partial charge in [0, 0.05) is 11.8 Å². The van der Waals surface area contributed by atoms with E-state index in [9.17, 15) is 14.9 Å². The Labute approximate surface area is 134 Å². The molecule has 2 aromatic rings. The zero-order valence-corrected chi connectivity index (χ0v) is 13.3. The van der Waals surface area contributed by atoms with Crippen LogP contribution in [-0.2, 0) is 4.79 Å². The first-order chi connectivity index (χ1) is 10.9. The molecule has 0 aliphatic rings. The zero-order chi connectivity index (χ0) is 17.0. The number of benzene rings is 2. The van der Waals surface area contributed by atoms with Crippen LogP contribution in [0.3, 0.4) is 0 Å². The molecule has 23 heavy (non-hydrogen) atoms. The van der Waals surface area contributed by atoms with E-state index in [2.05, 4.69) is 10.6 Å². The number of rotatable bonds is 5. The molecule has 1 amide bonds. The molecule has 2 N–H and O–H groups in total. The zero-order valence-electron chi connectivity index (χ0n) is 13.3. The summed E-state index contributed by atoms with van der Waals surface area (Å²) in [6.45, 7) is 5.67. The second-order valence-corrected chi connectivity index (χ2v) is 5.51. The quantitative estimate of drug-likeness (QED) is 0.652. The number of carbonyl (C=O) groups is 1. The van der Waals surface area contributed by atoms with Gasteiger partial charge in [-0.3, -0.25) is 14.9 Å². The molecule has 0 saturated heterocycles.